The smallest absolute Gasteiger partial charge is 0.387 e. The van der Waals surface area contributed by atoms with Gasteiger partial charge in [0.2, 0.25) is 0 Å². The van der Waals surface area contributed by atoms with Crippen LogP contribution in [0.15, 0.2) is 61.1 Å². The molecule has 0 atom stereocenters. The predicted octanol–water partition coefficient (Wildman–Crippen LogP) is 3.54. The molecule has 0 aliphatic rings. The van der Waals surface area contributed by atoms with Gasteiger partial charge in [-0.2, -0.15) is 8.78 Å². The van der Waals surface area contributed by atoms with E-state index in [2.05, 4.69) is 15.0 Å². The number of nitrogens with one attached hydrogen (secondary N) is 1. The summed E-state index contributed by atoms with van der Waals surface area (Å²) in [5.74, 6) is -0.777. The molecule has 26 heavy (non-hydrogen) atoms. The van der Waals surface area contributed by atoms with Crippen molar-refractivity contribution in [1.82, 2.24) is 14.9 Å². The van der Waals surface area contributed by atoms with Crippen LogP contribution < -0.4 is 10.1 Å². The number of ether oxygens (including phenoxy) is 1. The second-order valence-electron chi connectivity index (χ2n) is 5.33. The van der Waals surface area contributed by atoms with E-state index in [4.69, 9.17) is 0 Å². The van der Waals surface area contributed by atoms with E-state index in [0.29, 0.717) is 11.3 Å². The first kappa shape index (κ1) is 17.5. The van der Waals surface area contributed by atoms with Gasteiger partial charge in [-0.25, -0.2) is 9.37 Å². The molecule has 5 nitrogen and oxygen atoms in total. The second kappa shape index (κ2) is 7.73. The van der Waals surface area contributed by atoms with Gasteiger partial charge in [0.25, 0.3) is 5.91 Å². The summed E-state index contributed by atoms with van der Waals surface area (Å²) in [6.45, 7) is -2.79. The maximum absolute atomic E-state index is 13.0. The van der Waals surface area contributed by atoms with Gasteiger partial charge in [0.15, 0.2) is 0 Å². The molecule has 0 aliphatic heterocycles. The molecule has 0 saturated heterocycles. The van der Waals surface area contributed by atoms with Crippen LogP contribution >= 0.6 is 0 Å². The third kappa shape index (κ3) is 4.21. The summed E-state index contributed by atoms with van der Waals surface area (Å²) in [6, 6.07) is 11.7. The second-order valence-corrected chi connectivity index (χ2v) is 5.33. The van der Waals surface area contributed by atoms with Crippen LogP contribution in [0.3, 0.4) is 0 Å². The summed E-state index contributed by atoms with van der Waals surface area (Å²) in [7, 11) is 0. The quantitative estimate of drug-likeness (QED) is 0.731. The maximum Gasteiger partial charge on any atom is 0.387 e. The number of imidazole rings is 1. The molecule has 0 fully saturated rings. The third-order valence-electron chi connectivity index (χ3n) is 3.55. The van der Waals surface area contributed by atoms with Crippen molar-refractivity contribution in [2.24, 2.45) is 0 Å². The molecule has 0 radical (unpaired) electrons. The Hall–Kier alpha value is -3.29. The number of halogens is 3. The fourth-order valence-electron chi connectivity index (χ4n) is 2.38. The predicted molar refractivity (Wildman–Crippen MR) is 87.8 cm³/mol. The molecule has 1 N–H and O–H groups in total. The Bertz CT molecular complexity index is 895. The number of carbonyl (C=O) groups is 1. The van der Waals surface area contributed by atoms with Gasteiger partial charge in [0, 0.05) is 12.2 Å². The molecule has 1 heterocycles. The first-order chi connectivity index (χ1) is 12.5. The fraction of sp³-hybridized carbons (Fsp3) is 0.111. The number of carbonyl (C=O) groups excluding carboxylic acids is 1. The Labute approximate surface area is 147 Å². The minimum absolute atomic E-state index is 0.0168. The summed E-state index contributed by atoms with van der Waals surface area (Å²) in [4.78, 5) is 16.4. The van der Waals surface area contributed by atoms with E-state index >= 15 is 0 Å². The van der Waals surface area contributed by atoms with Crippen molar-refractivity contribution in [3.05, 3.63) is 78.1 Å². The molecule has 3 aromatic rings. The molecule has 1 aromatic heterocycles. The van der Waals surface area contributed by atoms with Crippen molar-refractivity contribution in [2.45, 2.75) is 13.2 Å². The van der Waals surface area contributed by atoms with Crippen LogP contribution in [0.4, 0.5) is 13.2 Å². The van der Waals surface area contributed by atoms with Gasteiger partial charge in [-0.05, 0) is 42.0 Å². The average molecular weight is 361 g/mol. The van der Waals surface area contributed by atoms with E-state index in [9.17, 15) is 18.0 Å². The molecule has 0 unspecified atom stereocenters. The standard InChI is InChI=1S/C18H14F3N3O2/c19-13-4-6-14(7-5-13)24-11-22-10-16(24)17(25)23-9-12-2-1-3-15(8-12)26-18(20)21/h1-8,10-11,18H,9H2,(H,23,25). The van der Waals surface area contributed by atoms with Crippen LogP contribution in [0, 0.1) is 5.82 Å². The van der Waals surface area contributed by atoms with E-state index in [0.717, 1.165) is 0 Å². The third-order valence-corrected chi connectivity index (χ3v) is 3.55. The number of nitrogens with zero attached hydrogens (tertiary/aromatic N) is 2. The highest BCUT2D eigenvalue weighted by atomic mass is 19.3. The monoisotopic (exact) mass is 361 g/mol. The molecule has 0 spiro atoms. The van der Waals surface area contributed by atoms with Crippen molar-refractivity contribution < 1.29 is 22.7 Å². The summed E-state index contributed by atoms with van der Waals surface area (Å²) in [5.41, 5.74) is 1.45. The zero-order valence-electron chi connectivity index (χ0n) is 13.4. The van der Waals surface area contributed by atoms with E-state index < -0.39 is 12.5 Å². The number of hydrogen-bond acceptors (Lipinski definition) is 3. The molecule has 1 amide bonds. The number of rotatable bonds is 6. The van der Waals surface area contributed by atoms with E-state index in [-0.39, 0.29) is 23.8 Å². The minimum atomic E-state index is -2.91. The zero-order chi connectivity index (χ0) is 18.5. The first-order valence-corrected chi connectivity index (χ1v) is 7.63. The Morgan fingerprint density at radius 2 is 1.96 bits per heavy atom. The van der Waals surface area contributed by atoms with Gasteiger partial charge < -0.3 is 10.1 Å². The van der Waals surface area contributed by atoms with Gasteiger partial charge in [0.1, 0.15) is 17.3 Å². The molecular formula is C18H14F3N3O2. The lowest BCUT2D eigenvalue weighted by atomic mass is 10.2. The highest BCUT2D eigenvalue weighted by Gasteiger charge is 2.13. The molecule has 3 rings (SSSR count). The van der Waals surface area contributed by atoms with Gasteiger partial charge in [-0.3, -0.25) is 9.36 Å². The number of aromatic nitrogens is 2. The van der Waals surface area contributed by atoms with Crippen molar-refractivity contribution in [2.75, 3.05) is 0 Å². The van der Waals surface area contributed by atoms with Crippen LogP contribution in [0.25, 0.3) is 5.69 Å². The van der Waals surface area contributed by atoms with Gasteiger partial charge in [-0.1, -0.05) is 12.1 Å². The molecule has 2 aromatic carbocycles. The fourth-order valence-corrected chi connectivity index (χ4v) is 2.38. The van der Waals surface area contributed by atoms with Crippen molar-refractivity contribution in [3.63, 3.8) is 0 Å². The minimum Gasteiger partial charge on any atom is -0.435 e. The Morgan fingerprint density at radius 1 is 1.19 bits per heavy atom. The molecule has 134 valence electrons. The number of alkyl halides is 2. The van der Waals surface area contributed by atoms with E-state index in [1.165, 1.54) is 53.5 Å². The van der Waals surface area contributed by atoms with Crippen LogP contribution in [0.5, 0.6) is 5.75 Å². The Morgan fingerprint density at radius 3 is 2.69 bits per heavy atom. The zero-order valence-corrected chi connectivity index (χ0v) is 13.4. The van der Waals surface area contributed by atoms with Gasteiger partial charge in [-0.15, -0.1) is 0 Å². The lowest BCUT2D eigenvalue weighted by Gasteiger charge is -2.10. The van der Waals surface area contributed by atoms with Crippen LogP contribution in [0.2, 0.25) is 0 Å². The molecule has 8 heteroatoms. The highest BCUT2D eigenvalue weighted by molar-refractivity contribution is 5.92. The maximum atomic E-state index is 13.0. The summed E-state index contributed by atoms with van der Waals surface area (Å²) >= 11 is 0. The lowest BCUT2D eigenvalue weighted by molar-refractivity contribution is -0.0498. The summed E-state index contributed by atoms with van der Waals surface area (Å²) < 4.78 is 43.4. The largest absolute Gasteiger partial charge is 0.435 e. The SMILES string of the molecule is O=C(NCc1cccc(OC(F)F)c1)c1cncn1-c1ccc(F)cc1. The van der Waals surface area contributed by atoms with Crippen molar-refractivity contribution in [1.29, 1.82) is 0 Å². The Balaban J connectivity index is 1.70. The van der Waals surface area contributed by atoms with Crippen molar-refractivity contribution >= 4 is 5.91 Å². The Kier molecular flexibility index (Phi) is 5.21. The van der Waals surface area contributed by atoms with Crippen LogP contribution in [-0.4, -0.2) is 22.1 Å². The molecule has 0 aliphatic carbocycles. The average Bonchev–Trinajstić information content (AvgIpc) is 3.10. The topological polar surface area (TPSA) is 56.1 Å². The molecule has 0 bridgehead atoms. The first-order valence-electron chi connectivity index (χ1n) is 7.63. The number of hydrogen-bond donors (Lipinski definition) is 1. The molecule has 0 saturated carbocycles. The van der Waals surface area contributed by atoms with Gasteiger partial charge >= 0.3 is 6.61 Å². The van der Waals surface area contributed by atoms with Crippen LogP contribution in [-0.2, 0) is 6.54 Å². The number of amides is 1. The lowest BCUT2D eigenvalue weighted by Crippen LogP contribution is -2.25. The van der Waals surface area contributed by atoms with Crippen LogP contribution in [0.1, 0.15) is 16.1 Å². The van der Waals surface area contributed by atoms with E-state index in [1.54, 1.807) is 12.1 Å². The molecular weight excluding hydrogens is 347 g/mol. The van der Waals surface area contributed by atoms with E-state index in [1.807, 2.05) is 0 Å². The number of benzene rings is 2. The summed E-state index contributed by atoms with van der Waals surface area (Å²) in [5, 5.41) is 2.69. The van der Waals surface area contributed by atoms with Crippen molar-refractivity contribution in [3.8, 4) is 11.4 Å². The highest BCUT2D eigenvalue weighted by Crippen LogP contribution is 2.16. The summed E-state index contributed by atoms with van der Waals surface area (Å²) in [6.07, 6.45) is 2.83. The van der Waals surface area contributed by atoms with Gasteiger partial charge in [0.05, 0.1) is 12.5 Å². The normalized spacial score (nSPS) is 10.8.